The molecule has 0 spiro atoms. The molecule has 0 bridgehead atoms. The summed E-state index contributed by atoms with van der Waals surface area (Å²) >= 11 is 0. The largest absolute Gasteiger partial charge is 0.383 e. The molecule has 0 radical (unpaired) electrons. The van der Waals surface area contributed by atoms with E-state index >= 15 is 0 Å². The molecule has 1 fully saturated rings. The van der Waals surface area contributed by atoms with Gasteiger partial charge < -0.3 is 14.9 Å². The number of hydrogen-bond acceptors (Lipinski definition) is 3. The third kappa shape index (κ3) is 1.71. The molecule has 3 unspecified atom stereocenters. The van der Waals surface area contributed by atoms with Gasteiger partial charge in [-0.1, -0.05) is 13.8 Å². The molecule has 2 N–H and O–H groups in total. The van der Waals surface area contributed by atoms with E-state index in [1.807, 2.05) is 6.92 Å². The van der Waals surface area contributed by atoms with Gasteiger partial charge in [-0.3, -0.25) is 0 Å². The third-order valence-electron chi connectivity index (χ3n) is 4.06. The number of aliphatic hydroxyl groups is 2. The minimum Gasteiger partial charge on any atom is -0.383 e. The quantitative estimate of drug-likeness (QED) is 0.621. The lowest BCUT2D eigenvalue weighted by molar-refractivity contribution is -0.289. The molecule has 0 aromatic carbocycles. The van der Waals surface area contributed by atoms with Crippen LogP contribution >= 0.6 is 0 Å². The van der Waals surface area contributed by atoms with E-state index < -0.39 is 17.5 Å². The van der Waals surface area contributed by atoms with Crippen LogP contribution in [0.5, 0.6) is 0 Å². The second-order valence-corrected chi connectivity index (χ2v) is 6.15. The molecule has 0 aromatic rings. The van der Waals surface area contributed by atoms with Gasteiger partial charge in [-0.05, 0) is 50.2 Å². The van der Waals surface area contributed by atoms with Crippen molar-refractivity contribution in [3.05, 3.63) is 11.6 Å². The Balaban J connectivity index is 2.45. The molecule has 0 saturated heterocycles. The van der Waals surface area contributed by atoms with Crippen molar-refractivity contribution < 1.29 is 14.9 Å². The van der Waals surface area contributed by atoms with E-state index in [2.05, 4.69) is 13.8 Å². The van der Waals surface area contributed by atoms with Gasteiger partial charge in [0, 0.05) is 0 Å². The molecule has 2 rings (SSSR count). The van der Waals surface area contributed by atoms with Crippen molar-refractivity contribution in [1.29, 1.82) is 0 Å². The summed E-state index contributed by atoms with van der Waals surface area (Å²) in [6.45, 7) is 7.89. The summed E-state index contributed by atoms with van der Waals surface area (Å²) < 4.78 is 5.75. The van der Waals surface area contributed by atoms with E-state index in [0.29, 0.717) is 0 Å². The zero-order chi connectivity index (χ0) is 12.2. The van der Waals surface area contributed by atoms with Crippen molar-refractivity contribution in [2.75, 3.05) is 0 Å². The molecule has 1 saturated carbocycles. The Morgan fingerprint density at radius 2 is 1.88 bits per heavy atom. The Kier molecular flexibility index (Phi) is 2.50. The van der Waals surface area contributed by atoms with Crippen LogP contribution in [-0.2, 0) is 4.74 Å². The van der Waals surface area contributed by atoms with Crippen LogP contribution < -0.4 is 0 Å². The van der Waals surface area contributed by atoms with Crippen LogP contribution in [-0.4, -0.2) is 27.7 Å². The number of ether oxygens (including phenoxy) is 1. The van der Waals surface area contributed by atoms with Crippen molar-refractivity contribution in [3.8, 4) is 0 Å². The predicted molar refractivity (Wildman–Crippen MR) is 61.8 cm³/mol. The van der Waals surface area contributed by atoms with Crippen molar-refractivity contribution in [3.63, 3.8) is 0 Å². The Labute approximate surface area is 97.1 Å². The highest BCUT2D eigenvalue weighted by Crippen LogP contribution is 2.51. The van der Waals surface area contributed by atoms with Gasteiger partial charge in [0.25, 0.3) is 0 Å². The van der Waals surface area contributed by atoms with E-state index in [1.54, 1.807) is 6.08 Å². The minimum absolute atomic E-state index is 0.0461. The van der Waals surface area contributed by atoms with Gasteiger partial charge in [-0.25, -0.2) is 0 Å². The van der Waals surface area contributed by atoms with Crippen molar-refractivity contribution in [2.24, 2.45) is 5.41 Å². The number of hydrogen-bond donors (Lipinski definition) is 2. The van der Waals surface area contributed by atoms with Gasteiger partial charge >= 0.3 is 0 Å². The monoisotopic (exact) mass is 226 g/mol. The zero-order valence-electron chi connectivity index (χ0n) is 10.6. The molecule has 92 valence electrons. The molecule has 1 aliphatic carbocycles. The Hall–Kier alpha value is -0.380. The lowest BCUT2D eigenvalue weighted by Gasteiger charge is -2.52. The van der Waals surface area contributed by atoms with Gasteiger partial charge in [0.15, 0.2) is 5.79 Å². The van der Waals surface area contributed by atoms with Gasteiger partial charge in [0.05, 0.1) is 5.60 Å². The second-order valence-electron chi connectivity index (χ2n) is 6.15. The highest BCUT2D eigenvalue weighted by molar-refractivity contribution is 5.30. The van der Waals surface area contributed by atoms with E-state index in [4.69, 9.17) is 4.74 Å². The topological polar surface area (TPSA) is 49.7 Å². The van der Waals surface area contributed by atoms with E-state index in [9.17, 15) is 10.2 Å². The van der Waals surface area contributed by atoms with E-state index in [-0.39, 0.29) is 5.41 Å². The molecule has 2 aliphatic rings. The first-order valence-corrected chi connectivity index (χ1v) is 6.01. The van der Waals surface area contributed by atoms with E-state index in [1.165, 1.54) is 6.92 Å². The molecule has 1 heterocycles. The van der Waals surface area contributed by atoms with E-state index in [0.717, 1.165) is 24.8 Å². The second kappa shape index (κ2) is 3.31. The maximum absolute atomic E-state index is 10.0. The molecule has 0 aromatic heterocycles. The fourth-order valence-corrected chi connectivity index (χ4v) is 3.19. The lowest BCUT2D eigenvalue weighted by atomic mass is 9.64. The molecular formula is C13H22O3. The van der Waals surface area contributed by atoms with Gasteiger partial charge in [-0.2, -0.15) is 0 Å². The molecule has 3 nitrogen and oxygen atoms in total. The van der Waals surface area contributed by atoms with Crippen molar-refractivity contribution in [1.82, 2.24) is 0 Å². The molecule has 0 amide bonds. The third-order valence-corrected chi connectivity index (χ3v) is 4.06. The lowest BCUT2D eigenvalue weighted by Crippen LogP contribution is -2.56. The smallest absolute Gasteiger partial charge is 0.193 e. The van der Waals surface area contributed by atoms with Crippen molar-refractivity contribution in [2.45, 2.75) is 64.4 Å². The summed E-state index contributed by atoms with van der Waals surface area (Å²) in [6.07, 6.45) is 3.96. The Bertz CT molecular complexity index is 330. The average molecular weight is 226 g/mol. The van der Waals surface area contributed by atoms with Gasteiger partial charge in [0.1, 0.15) is 6.10 Å². The van der Waals surface area contributed by atoms with Gasteiger partial charge in [0.2, 0.25) is 0 Å². The number of fused-ring (bicyclic) bond motifs is 1. The molecule has 1 aliphatic heterocycles. The minimum atomic E-state index is -1.47. The molecule has 3 heteroatoms. The summed E-state index contributed by atoms with van der Waals surface area (Å²) in [7, 11) is 0. The first-order chi connectivity index (χ1) is 7.17. The SMILES string of the molecule is CC1(C)CCCC2(C)OC(C)(O)C(O)C=C12. The molecular weight excluding hydrogens is 204 g/mol. The summed E-state index contributed by atoms with van der Waals surface area (Å²) in [5.41, 5.74) is 0.750. The van der Waals surface area contributed by atoms with Crippen LogP contribution in [0.2, 0.25) is 0 Å². The highest BCUT2D eigenvalue weighted by Gasteiger charge is 2.51. The fraction of sp³-hybridized carbons (Fsp3) is 0.846. The Morgan fingerprint density at radius 1 is 1.25 bits per heavy atom. The number of aliphatic hydroxyl groups excluding tert-OH is 1. The maximum Gasteiger partial charge on any atom is 0.193 e. The normalized spacial score (nSPS) is 47.1. The van der Waals surface area contributed by atoms with Crippen molar-refractivity contribution >= 4 is 0 Å². The van der Waals surface area contributed by atoms with Crippen LogP contribution in [0.3, 0.4) is 0 Å². The van der Waals surface area contributed by atoms with Crippen LogP contribution in [0.4, 0.5) is 0 Å². The fourth-order valence-electron chi connectivity index (χ4n) is 3.19. The summed E-state index contributed by atoms with van der Waals surface area (Å²) in [4.78, 5) is 0. The first kappa shape index (κ1) is 12.1. The highest BCUT2D eigenvalue weighted by atomic mass is 16.7. The van der Waals surface area contributed by atoms with Crippen LogP contribution in [0.25, 0.3) is 0 Å². The van der Waals surface area contributed by atoms with Crippen LogP contribution in [0, 0.1) is 5.41 Å². The van der Waals surface area contributed by atoms with Crippen LogP contribution in [0.1, 0.15) is 47.0 Å². The summed E-state index contributed by atoms with van der Waals surface area (Å²) in [5, 5.41) is 19.9. The summed E-state index contributed by atoms with van der Waals surface area (Å²) in [6, 6.07) is 0. The molecule has 3 atom stereocenters. The Morgan fingerprint density at radius 3 is 2.50 bits per heavy atom. The standard InChI is InChI=1S/C13H22O3/c1-11(2)6-5-7-12(3)9(11)8-10(14)13(4,15)16-12/h8,10,14-15H,5-7H2,1-4H3. The first-order valence-electron chi connectivity index (χ1n) is 6.01. The average Bonchev–Trinajstić information content (AvgIpc) is 2.08. The molecule has 16 heavy (non-hydrogen) atoms. The van der Waals surface area contributed by atoms with Crippen LogP contribution in [0.15, 0.2) is 11.6 Å². The maximum atomic E-state index is 10.0. The summed E-state index contributed by atoms with van der Waals surface area (Å²) in [5.74, 6) is -1.47. The van der Waals surface area contributed by atoms with Gasteiger partial charge in [-0.15, -0.1) is 0 Å². The number of rotatable bonds is 0. The zero-order valence-corrected chi connectivity index (χ0v) is 10.6. The predicted octanol–water partition coefficient (Wildman–Crippen LogP) is 1.98.